The third-order valence-corrected chi connectivity index (χ3v) is 10.4. The summed E-state index contributed by atoms with van der Waals surface area (Å²) in [5.41, 5.74) is 2.23. The molecule has 3 unspecified atom stereocenters. The average Bonchev–Trinajstić information content (AvgIpc) is 3.47. The number of rotatable bonds is 13. The lowest BCUT2D eigenvalue weighted by Crippen LogP contribution is -2.49. The molecule has 3 fully saturated rings. The van der Waals surface area contributed by atoms with E-state index in [4.69, 9.17) is 4.74 Å². The normalized spacial score (nSPS) is 22.4. The molecule has 2 aliphatic heterocycles. The molecule has 46 heavy (non-hydrogen) atoms. The Hall–Kier alpha value is -3.50. The molecule has 10 heteroatoms. The molecule has 1 amide bonds. The van der Waals surface area contributed by atoms with Crippen molar-refractivity contribution in [1.82, 2.24) is 14.7 Å². The van der Waals surface area contributed by atoms with Gasteiger partial charge in [-0.2, -0.15) is 0 Å². The van der Waals surface area contributed by atoms with E-state index in [1.54, 1.807) is 12.1 Å². The van der Waals surface area contributed by atoms with Crippen molar-refractivity contribution in [1.29, 1.82) is 0 Å². The van der Waals surface area contributed by atoms with Gasteiger partial charge in [-0.25, -0.2) is 4.79 Å². The maximum Gasteiger partial charge on any atom is 0.410 e. The molecule has 0 aromatic heterocycles. The summed E-state index contributed by atoms with van der Waals surface area (Å²) in [6.45, 7) is 7.24. The molecule has 2 aromatic carbocycles. The second-order valence-electron chi connectivity index (χ2n) is 13.4. The molecule has 2 aromatic rings. The van der Waals surface area contributed by atoms with Gasteiger partial charge < -0.3 is 19.6 Å². The van der Waals surface area contributed by atoms with E-state index in [9.17, 15) is 24.8 Å². The number of hydrogen-bond donors (Lipinski definition) is 1. The van der Waals surface area contributed by atoms with Gasteiger partial charge in [0.25, 0.3) is 5.69 Å². The van der Waals surface area contributed by atoms with Gasteiger partial charge in [0.15, 0.2) is 0 Å². The molecule has 0 spiro atoms. The Morgan fingerprint density at radius 3 is 2.33 bits per heavy atom. The van der Waals surface area contributed by atoms with E-state index in [-0.39, 0.29) is 30.3 Å². The van der Waals surface area contributed by atoms with E-state index in [0.29, 0.717) is 24.8 Å². The first-order valence-electron chi connectivity index (χ1n) is 17.2. The SMILES string of the molecule is CCCN(C(=O)OCCc1ccc([N+](=O)[O-])cc1)C1CCN(CC2CN(C(C(=O)O)C3CCCCC3)CC2c2ccccc2)CC1. The monoisotopic (exact) mass is 634 g/mol. The molecule has 1 saturated carbocycles. The van der Waals surface area contributed by atoms with Crippen LogP contribution < -0.4 is 0 Å². The molecule has 2 saturated heterocycles. The highest BCUT2D eigenvalue weighted by molar-refractivity contribution is 5.74. The summed E-state index contributed by atoms with van der Waals surface area (Å²) in [5.74, 6) is 0.207. The van der Waals surface area contributed by atoms with E-state index < -0.39 is 16.9 Å². The van der Waals surface area contributed by atoms with Crippen LogP contribution >= 0.6 is 0 Å². The van der Waals surface area contributed by atoms with Crippen molar-refractivity contribution in [2.24, 2.45) is 11.8 Å². The van der Waals surface area contributed by atoms with Crippen molar-refractivity contribution in [3.63, 3.8) is 0 Å². The van der Waals surface area contributed by atoms with Crippen LogP contribution in [-0.4, -0.2) is 94.8 Å². The number of carboxylic acids is 1. The number of aliphatic carboxylic acids is 1. The van der Waals surface area contributed by atoms with E-state index in [1.165, 1.54) is 24.1 Å². The fraction of sp³-hybridized carbons (Fsp3) is 0.611. The Labute approximate surface area is 272 Å². The van der Waals surface area contributed by atoms with Gasteiger partial charge in [-0.05, 0) is 55.1 Å². The number of nitro benzene ring substituents is 1. The summed E-state index contributed by atoms with van der Waals surface area (Å²) < 4.78 is 5.68. The molecule has 1 aliphatic carbocycles. The number of nitrogens with zero attached hydrogens (tertiary/aromatic N) is 4. The fourth-order valence-corrected chi connectivity index (χ4v) is 8.03. The van der Waals surface area contributed by atoms with Gasteiger partial charge in [-0.15, -0.1) is 0 Å². The first kappa shape index (κ1) is 33.9. The fourth-order valence-electron chi connectivity index (χ4n) is 8.03. The third-order valence-electron chi connectivity index (χ3n) is 10.4. The molecule has 250 valence electrons. The van der Waals surface area contributed by atoms with Gasteiger partial charge in [0.1, 0.15) is 6.04 Å². The van der Waals surface area contributed by atoms with Crippen molar-refractivity contribution in [3.8, 4) is 0 Å². The van der Waals surface area contributed by atoms with Crippen LogP contribution in [0.15, 0.2) is 54.6 Å². The Morgan fingerprint density at radius 2 is 1.70 bits per heavy atom. The second kappa shape index (κ2) is 16.4. The van der Waals surface area contributed by atoms with Gasteiger partial charge in [0, 0.05) is 69.8 Å². The highest BCUT2D eigenvalue weighted by Gasteiger charge is 2.43. The second-order valence-corrected chi connectivity index (χ2v) is 13.4. The molecular weight excluding hydrogens is 584 g/mol. The number of non-ortho nitro benzene ring substituents is 1. The number of carbonyl (C=O) groups excluding carboxylic acids is 1. The standard InChI is InChI=1S/C36H50N4O6/c1-2-20-39(36(43)46-23-19-27-13-15-32(16-14-27)40(44)45)31-17-21-37(22-18-31)24-30-25-38(26-33(30)28-9-5-3-6-10-28)34(35(41)42)29-11-7-4-8-12-29/h3,5-6,9-10,13-16,29-31,33-34H,2,4,7-8,11-12,17-26H2,1H3,(H,41,42). The molecular formula is C36H50N4O6. The number of carboxylic acid groups (broad SMARTS) is 1. The van der Waals surface area contributed by atoms with Crippen molar-refractivity contribution >= 4 is 17.7 Å². The van der Waals surface area contributed by atoms with E-state index in [0.717, 1.165) is 83.2 Å². The number of nitro groups is 1. The Kier molecular flexibility index (Phi) is 12.0. The van der Waals surface area contributed by atoms with E-state index >= 15 is 0 Å². The molecule has 3 aliphatic rings. The van der Waals surface area contributed by atoms with E-state index in [1.807, 2.05) is 11.0 Å². The van der Waals surface area contributed by atoms with Crippen LogP contribution in [0.2, 0.25) is 0 Å². The largest absolute Gasteiger partial charge is 0.480 e. The summed E-state index contributed by atoms with van der Waals surface area (Å²) in [5, 5.41) is 21.2. The average molecular weight is 635 g/mol. The van der Waals surface area contributed by atoms with Crippen LogP contribution in [0, 0.1) is 22.0 Å². The van der Waals surface area contributed by atoms with Gasteiger partial charge in [-0.1, -0.05) is 68.7 Å². The first-order chi connectivity index (χ1) is 22.3. The van der Waals surface area contributed by atoms with Gasteiger partial charge in [-0.3, -0.25) is 19.8 Å². The number of amides is 1. The summed E-state index contributed by atoms with van der Waals surface area (Å²) in [6, 6.07) is 16.7. The van der Waals surface area contributed by atoms with Crippen molar-refractivity contribution in [3.05, 3.63) is 75.8 Å². The highest BCUT2D eigenvalue weighted by Crippen LogP contribution is 2.38. The maximum atomic E-state index is 13.2. The lowest BCUT2D eigenvalue weighted by molar-refractivity contribution is -0.384. The Bertz CT molecular complexity index is 1280. The number of ether oxygens (including phenoxy) is 1. The quantitative estimate of drug-likeness (QED) is 0.205. The minimum Gasteiger partial charge on any atom is -0.480 e. The molecule has 10 nitrogen and oxygen atoms in total. The molecule has 0 bridgehead atoms. The van der Waals surface area contributed by atoms with Crippen LogP contribution in [0.25, 0.3) is 0 Å². The van der Waals surface area contributed by atoms with Crippen molar-refractivity contribution in [2.75, 3.05) is 45.9 Å². The number of benzene rings is 2. The summed E-state index contributed by atoms with van der Waals surface area (Å²) in [4.78, 5) is 42.9. The lowest BCUT2D eigenvalue weighted by atomic mass is 9.83. The summed E-state index contributed by atoms with van der Waals surface area (Å²) in [7, 11) is 0. The zero-order valence-electron chi connectivity index (χ0n) is 27.2. The topological polar surface area (TPSA) is 116 Å². The Morgan fingerprint density at radius 1 is 1.00 bits per heavy atom. The molecule has 0 radical (unpaired) electrons. The minimum atomic E-state index is -0.671. The van der Waals surface area contributed by atoms with Gasteiger partial charge in [0.2, 0.25) is 0 Å². The molecule has 1 N–H and O–H groups in total. The predicted molar refractivity (Wildman–Crippen MR) is 177 cm³/mol. The third kappa shape index (κ3) is 8.64. The highest BCUT2D eigenvalue weighted by atomic mass is 16.6. The number of carbonyl (C=O) groups is 2. The van der Waals surface area contributed by atoms with Gasteiger partial charge >= 0.3 is 12.1 Å². The van der Waals surface area contributed by atoms with Gasteiger partial charge in [0.05, 0.1) is 11.5 Å². The predicted octanol–water partition coefficient (Wildman–Crippen LogP) is 6.20. The summed E-state index contributed by atoms with van der Waals surface area (Å²) >= 11 is 0. The maximum absolute atomic E-state index is 13.2. The Balaban J connectivity index is 1.16. The van der Waals surface area contributed by atoms with E-state index in [2.05, 4.69) is 41.0 Å². The van der Waals surface area contributed by atoms with Crippen LogP contribution in [-0.2, 0) is 16.0 Å². The van der Waals surface area contributed by atoms with Crippen LogP contribution in [0.1, 0.15) is 75.3 Å². The first-order valence-corrected chi connectivity index (χ1v) is 17.2. The molecule has 3 atom stereocenters. The van der Waals surface area contributed by atoms with Crippen molar-refractivity contribution < 1.29 is 24.4 Å². The lowest BCUT2D eigenvalue weighted by Gasteiger charge is -2.39. The number of piperidine rings is 1. The zero-order valence-corrected chi connectivity index (χ0v) is 27.2. The van der Waals surface area contributed by atoms with Crippen LogP contribution in [0.5, 0.6) is 0 Å². The van der Waals surface area contributed by atoms with Crippen LogP contribution in [0.3, 0.4) is 0 Å². The number of hydrogen-bond acceptors (Lipinski definition) is 7. The van der Waals surface area contributed by atoms with Crippen LogP contribution in [0.4, 0.5) is 10.5 Å². The number of likely N-dealkylation sites (tertiary alicyclic amines) is 2. The summed E-state index contributed by atoms with van der Waals surface area (Å²) in [6.07, 6.45) is 8.31. The smallest absolute Gasteiger partial charge is 0.410 e. The zero-order chi connectivity index (χ0) is 32.5. The molecule has 5 rings (SSSR count). The molecule has 2 heterocycles. The van der Waals surface area contributed by atoms with Crippen molar-refractivity contribution in [2.45, 2.75) is 82.7 Å². The minimum absolute atomic E-state index is 0.0472.